The molecule has 2 heterocycles. The Morgan fingerprint density at radius 3 is 3.36 bits per heavy atom. The topological polar surface area (TPSA) is 34.1 Å². The molecule has 0 amide bonds. The molecule has 0 aliphatic carbocycles. The van der Waals surface area contributed by atoms with Crippen LogP contribution in [0.3, 0.4) is 0 Å². The van der Waals surface area contributed by atoms with E-state index in [1.54, 1.807) is 0 Å². The first-order chi connectivity index (χ1) is 6.86. The maximum absolute atomic E-state index is 5.52. The highest BCUT2D eigenvalue weighted by Crippen LogP contribution is 2.15. The van der Waals surface area contributed by atoms with Crippen molar-refractivity contribution in [3.8, 4) is 0 Å². The second kappa shape index (κ2) is 4.53. The minimum Gasteiger partial charge on any atom is -0.379 e. The molecule has 3 heteroatoms. The Morgan fingerprint density at radius 1 is 1.57 bits per heavy atom. The summed E-state index contributed by atoms with van der Waals surface area (Å²) in [6, 6.07) is 4.50. The van der Waals surface area contributed by atoms with Gasteiger partial charge in [-0.2, -0.15) is 0 Å². The highest BCUT2D eigenvalue weighted by atomic mass is 16.5. The summed E-state index contributed by atoms with van der Waals surface area (Å²) < 4.78 is 5.52. The second-order valence-corrected chi connectivity index (χ2v) is 3.67. The van der Waals surface area contributed by atoms with E-state index in [9.17, 15) is 0 Å². The average molecular weight is 192 g/mol. The summed E-state index contributed by atoms with van der Waals surface area (Å²) in [6.45, 7) is 4.68. The number of hydrogen-bond acceptors (Lipinski definition) is 3. The second-order valence-electron chi connectivity index (χ2n) is 3.67. The van der Waals surface area contributed by atoms with Gasteiger partial charge in [0.1, 0.15) is 0 Å². The van der Waals surface area contributed by atoms with E-state index in [1.807, 2.05) is 13.1 Å². The fraction of sp³-hybridized carbons (Fsp3) is 0.545. The average Bonchev–Trinajstić information content (AvgIpc) is 2.45. The number of aromatic nitrogens is 1. The van der Waals surface area contributed by atoms with Crippen LogP contribution < -0.4 is 5.32 Å². The molecule has 1 unspecified atom stereocenters. The van der Waals surface area contributed by atoms with Crippen molar-refractivity contribution < 1.29 is 4.74 Å². The lowest BCUT2D eigenvalue weighted by Crippen LogP contribution is -2.23. The van der Waals surface area contributed by atoms with Gasteiger partial charge in [-0.15, -0.1) is 0 Å². The quantitative estimate of drug-likeness (QED) is 0.731. The summed E-state index contributed by atoms with van der Waals surface area (Å²) in [5.41, 5.74) is 2.34. The van der Waals surface area contributed by atoms with Crippen molar-refractivity contribution in [3.05, 3.63) is 29.6 Å². The first kappa shape index (κ1) is 9.62. The van der Waals surface area contributed by atoms with Gasteiger partial charge in [0.15, 0.2) is 0 Å². The summed E-state index contributed by atoms with van der Waals surface area (Å²) in [4.78, 5) is 4.19. The Morgan fingerprint density at radius 2 is 2.50 bits per heavy atom. The summed E-state index contributed by atoms with van der Waals surface area (Å²) in [5, 5.41) is 3.47. The fourth-order valence-corrected chi connectivity index (χ4v) is 1.71. The summed E-state index contributed by atoms with van der Waals surface area (Å²) >= 11 is 0. The third-order valence-corrected chi connectivity index (χ3v) is 2.46. The molecular formula is C11H16N2O. The van der Waals surface area contributed by atoms with Crippen molar-refractivity contribution in [2.45, 2.75) is 19.4 Å². The third kappa shape index (κ3) is 2.30. The van der Waals surface area contributed by atoms with Crippen LogP contribution in [0.25, 0.3) is 0 Å². The normalized spacial score (nSPS) is 23.1. The maximum atomic E-state index is 5.52. The third-order valence-electron chi connectivity index (χ3n) is 2.46. The van der Waals surface area contributed by atoms with E-state index in [2.05, 4.69) is 22.4 Å². The minimum atomic E-state index is 0.333. The van der Waals surface area contributed by atoms with Gasteiger partial charge in [0, 0.05) is 18.5 Å². The zero-order chi connectivity index (χ0) is 9.80. The number of nitrogens with one attached hydrogen (secondary N) is 1. The van der Waals surface area contributed by atoms with Crippen molar-refractivity contribution >= 4 is 0 Å². The SMILES string of the molecule is Cc1cc(C2COCCCN2)ccn1. The van der Waals surface area contributed by atoms with Crippen molar-refractivity contribution in [2.24, 2.45) is 0 Å². The van der Waals surface area contributed by atoms with Crippen LogP contribution in [0.5, 0.6) is 0 Å². The van der Waals surface area contributed by atoms with Gasteiger partial charge in [-0.3, -0.25) is 4.98 Å². The van der Waals surface area contributed by atoms with E-state index in [-0.39, 0.29) is 0 Å². The van der Waals surface area contributed by atoms with Crippen LogP contribution in [0.4, 0.5) is 0 Å². The highest BCUT2D eigenvalue weighted by molar-refractivity contribution is 5.19. The smallest absolute Gasteiger partial charge is 0.0661 e. The van der Waals surface area contributed by atoms with Crippen LogP contribution >= 0.6 is 0 Å². The predicted molar refractivity (Wildman–Crippen MR) is 55.2 cm³/mol. The zero-order valence-corrected chi connectivity index (χ0v) is 8.49. The van der Waals surface area contributed by atoms with Crippen molar-refractivity contribution in [2.75, 3.05) is 19.8 Å². The molecule has 1 aromatic rings. The summed E-state index contributed by atoms with van der Waals surface area (Å²) in [5.74, 6) is 0. The van der Waals surface area contributed by atoms with Crippen LogP contribution in [0.1, 0.15) is 23.7 Å². The number of rotatable bonds is 1. The Balaban J connectivity index is 2.12. The number of aryl methyl sites for hydroxylation is 1. The minimum absolute atomic E-state index is 0.333. The largest absolute Gasteiger partial charge is 0.379 e. The van der Waals surface area contributed by atoms with Gasteiger partial charge < -0.3 is 10.1 Å². The molecule has 1 saturated heterocycles. The number of pyridine rings is 1. The molecular weight excluding hydrogens is 176 g/mol. The van der Waals surface area contributed by atoms with Crippen LogP contribution in [0.15, 0.2) is 18.3 Å². The predicted octanol–water partition coefficient (Wildman–Crippen LogP) is 1.44. The molecule has 1 aliphatic rings. The van der Waals surface area contributed by atoms with E-state index < -0.39 is 0 Å². The van der Waals surface area contributed by atoms with Crippen LogP contribution in [0.2, 0.25) is 0 Å². The van der Waals surface area contributed by atoms with Crippen molar-refractivity contribution in [3.63, 3.8) is 0 Å². The molecule has 14 heavy (non-hydrogen) atoms. The van der Waals surface area contributed by atoms with Gasteiger partial charge in [0.05, 0.1) is 12.6 Å². The van der Waals surface area contributed by atoms with Crippen molar-refractivity contribution in [1.29, 1.82) is 0 Å². The van der Waals surface area contributed by atoms with Crippen LogP contribution in [-0.2, 0) is 4.74 Å². The van der Waals surface area contributed by atoms with Gasteiger partial charge in [0.2, 0.25) is 0 Å². The molecule has 2 rings (SSSR count). The Kier molecular flexibility index (Phi) is 3.11. The molecule has 0 radical (unpaired) electrons. The molecule has 0 bridgehead atoms. The Bertz CT molecular complexity index is 293. The molecule has 1 aliphatic heterocycles. The van der Waals surface area contributed by atoms with Crippen molar-refractivity contribution in [1.82, 2.24) is 10.3 Å². The molecule has 1 aromatic heterocycles. The number of ether oxygens (including phenoxy) is 1. The monoisotopic (exact) mass is 192 g/mol. The molecule has 3 nitrogen and oxygen atoms in total. The van der Waals surface area contributed by atoms with E-state index in [0.29, 0.717) is 6.04 Å². The highest BCUT2D eigenvalue weighted by Gasteiger charge is 2.13. The van der Waals surface area contributed by atoms with Gasteiger partial charge in [0.25, 0.3) is 0 Å². The van der Waals surface area contributed by atoms with E-state index in [1.165, 1.54) is 5.56 Å². The zero-order valence-electron chi connectivity index (χ0n) is 8.49. The standard InChI is InChI=1S/C11H16N2O/c1-9-7-10(3-5-12-9)11-8-14-6-2-4-13-11/h3,5,7,11,13H,2,4,6,8H2,1H3. The van der Waals surface area contributed by atoms with E-state index in [0.717, 1.165) is 31.9 Å². The van der Waals surface area contributed by atoms with E-state index in [4.69, 9.17) is 4.74 Å². The first-order valence-electron chi connectivity index (χ1n) is 5.10. The van der Waals surface area contributed by atoms with Gasteiger partial charge in [-0.05, 0) is 37.6 Å². The van der Waals surface area contributed by atoms with E-state index >= 15 is 0 Å². The Hall–Kier alpha value is -0.930. The lowest BCUT2D eigenvalue weighted by Gasteiger charge is -2.15. The van der Waals surface area contributed by atoms with Crippen LogP contribution in [0, 0.1) is 6.92 Å². The van der Waals surface area contributed by atoms with Gasteiger partial charge >= 0.3 is 0 Å². The molecule has 1 N–H and O–H groups in total. The number of hydrogen-bond donors (Lipinski definition) is 1. The lowest BCUT2D eigenvalue weighted by atomic mass is 10.1. The number of nitrogens with zero attached hydrogens (tertiary/aromatic N) is 1. The lowest BCUT2D eigenvalue weighted by molar-refractivity contribution is 0.131. The molecule has 0 aromatic carbocycles. The Labute approximate surface area is 84.5 Å². The van der Waals surface area contributed by atoms with Gasteiger partial charge in [-0.1, -0.05) is 0 Å². The summed E-state index contributed by atoms with van der Waals surface area (Å²) in [6.07, 6.45) is 2.96. The molecule has 1 fully saturated rings. The first-order valence-corrected chi connectivity index (χ1v) is 5.10. The fourth-order valence-electron chi connectivity index (χ4n) is 1.71. The maximum Gasteiger partial charge on any atom is 0.0661 e. The van der Waals surface area contributed by atoms with Gasteiger partial charge in [-0.25, -0.2) is 0 Å². The summed E-state index contributed by atoms with van der Waals surface area (Å²) in [7, 11) is 0. The molecule has 0 spiro atoms. The molecule has 1 atom stereocenters. The molecule has 76 valence electrons. The molecule has 0 saturated carbocycles. The van der Waals surface area contributed by atoms with Crippen LogP contribution in [-0.4, -0.2) is 24.7 Å².